The molecule has 2 atom stereocenters. The molecule has 1 amide bonds. The topological polar surface area (TPSA) is 81.1 Å². The minimum Gasteiger partial charge on any atom is -0.326 e. The fourth-order valence-electron chi connectivity index (χ4n) is 2.89. The van der Waals surface area contributed by atoms with Gasteiger partial charge in [-0.3, -0.25) is 4.79 Å². The van der Waals surface area contributed by atoms with E-state index in [0.717, 1.165) is 0 Å². The number of nitrogens with one attached hydrogen (secondary N) is 1. The highest BCUT2D eigenvalue weighted by atomic mass is 32.2. The minimum absolute atomic E-state index is 0.170. The van der Waals surface area contributed by atoms with E-state index in [4.69, 9.17) is 0 Å². The zero-order valence-electron chi connectivity index (χ0n) is 14.2. The van der Waals surface area contributed by atoms with Gasteiger partial charge in [-0.15, -0.1) is 0 Å². The average Bonchev–Trinajstić information content (AvgIpc) is 3.05. The molecule has 10 heteroatoms. The van der Waals surface area contributed by atoms with Gasteiger partial charge in [-0.05, 0) is 24.3 Å². The summed E-state index contributed by atoms with van der Waals surface area (Å²) in [5.74, 6) is -5.18. The van der Waals surface area contributed by atoms with Gasteiger partial charge in [0.1, 0.15) is 17.3 Å². The number of amides is 1. The summed E-state index contributed by atoms with van der Waals surface area (Å²) in [6.45, 7) is 4.47. The number of hydrogen-bond donors (Lipinski definition) is 1. The van der Waals surface area contributed by atoms with E-state index in [1.54, 1.807) is 4.72 Å². The smallest absolute Gasteiger partial charge is 0.285 e. The SMILES string of the molecule is C=CS(=O)(=O)NC(=O)c1cn([C@@H]2CC(F)(F)[C@H]2C)c(-c2ccc(F)cc2)n1. The van der Waals surface area contributed by atoms with Crippen molar-refractivity contribution >= 4 is 15.9 Å². The predicted octanol–water partition coefficient (Wildman–Crippen LogP) is 3.11. The maximum Gasteiger partial charge on any atom is 0.285 e. The molecule has 1 heterocycles. The van der Waals surface area contributed by atoms with Crippen molar-refractivity contribution in [2.24, 2.45) is 5.92 Å². The van der Waals surface area contributed by atoms with Crippen LogP contribution >= 0.6 is 0 Å². The monoisotopic (exact) mass is 399 g/mol. The van der Waals surface area contributed by atoms with Crippen LogP contribution in [0.5, 0.6) is 0 Å². The summed E-state index contributed by atoms with van der Waals surface area (Å²) < 4.78 is 66.6. The molecule has 0 radical (unpaired) electrons. The molecule has 6 nitrogen and oxygen atoms in total. The van der Waals surface area contributed by atoms with E-state index >= 15 is 0 Å². The van der Waals surface area contributed by atoms with Crippen molar-refractivity contribution in [3.05, 3.63) is 54.0 Å². The lowest BCUT2D eigenvalue weighted by Crippen LogP contribution is -2.46. The lowest BCUT2D eigenvalue weighted by Gasteiger charge is -2.43. The summed E-state index contributed by atoms with van der Waals surface area (Å²) in [5.41, 5.74) is 0.145. The van der Waals surface area contributed by atoms with Crippen LogP contribution in [-0.4, -0.2) is 29.8 Å². The molecular weight excluding hydrogens is 383 g/mol. The van der Waals surface area contributed by atoms with Gasteiger partial charge >= 0.3 is 0 Å². The molecule has 1 aromatic heterocycles. The van der Waals surface area contributed by atoms with Crippen LogP contribution in [0.4, 0.5) is 13.2 Å². The van der Waals surface area contributed by atoms with Gasteiger partial charge < -0.3 is 4.57 Å². The molecule has 0 unspecified atom stereocenters. The maximum atomic E-state index is 13.6. The Morgan fingerprint density at radius 3 is 2.52 bits per heavy atom. The molecule has 1 aromatic carbocycles. The van der Waals surface area contributed by atoms with Gasteiger partial charge in [-0.1, -0.05) is 13.5 Å². The van der Waals surface area contributed by atoms with Crippen molar-refractivity contribution in [2.45, 2.75) is 25.3 Å². The summed E-state index contributed by atoms with van der Waals surface area (Å²) in [4.78, 5) is 16.3. The lowest BCUT2D eigenvalue weighted by molar-refractivity contribution is -0.158. The quantitative estimate of drug-likeness (QED) is 0.838. The third kappa shape index (κ3) is 3.61. The second kappa shape index (κ2) is 6.52. The Morgan fingerprint density at radius 2 is 2.00 bits per heavy atom. The van der Waals surface area contributed by atoms with Crippen LogP contribution < -0.4 is 4.72 Å². The van der Waals surface area contributed by atoms with Crippen molar-refractivity contribution in [1.29, 1.82) is 0 Å². The van der Waals surface area contributed by atoms with E-state index in [9.17, 15) is 26.4 Å². The number of imidazole rings is 1. The number of nitrogens with zero attached hydrogens (tertiary/aromatic N) is 2. The Balaban J connectivity index is 2.03. The van der Waals surface area contributed by atoms with Gasteiger partial charge in [-0.2, -0.15) is 0 Å². The first kappa shape index (κ1) is 19.2. The van der Waals surface area contributed by atoms with Crippen LogP contribution in [0.25, 0.3) is 11.4 Å². The Kier molecular flexibility index (Phi) is 4.62. The van der Waals surface area contributed by atoms with Gasteiger partial charge in [0.2, 0.25) is 0 Å². The van der Waals surface area contributed by atoms with Crippen LogP contribution in [0.3, 0.4) is 0 Å². The number of sulfonamides is 1. The van der Waals surface area contributed by atoms with E-state index in [1.165, 1.54) is 42.0 Å². The summed E-state index contributed by atoms with van der Waals surface area (Å²) in [7, 11) is -4.04. The molecule has 2 aromatic rings. The molecule has 1 fully saturated rings. The molecule has 0 saturated heterocycles. The first-order valence-corrected chi connectivity index (χ1v) is 9.51. The summed E-state index contributed by atoms with van der Waals surface area (Å²) in [5, 5.41) is 0.567. The first-order valence-electron chi connectivity index (χ1n) is 7.96. The molecule has 0 aliphatic heterocycles. The molecule has 3 rings (SSSR count). The standard InChI is InChI=1S/C17H16F3N3O3S/c1-3-27(25,26)22-16(24)13-9-23(14-8-17(19,20)10(14)2)15(21-13)11-4-6-12(18)7-5-11/h3-7,9-10,14H,1,8H2,2H3,(H,22,24)/t10-,14+/m0/s1. The van der Waals surface area contributed by atoms with E-state index in [0.29, 0.717) is 11.0 Å². The number of carbonyl (C=O) groups excluding carboxylic acids is 1. The second-order valence-electron chi connectivity index (χ2n) is 6.33. The van der Waals surface area contributed by atoms with Gasteiger partial charge in [0.05, 0.1) is 0 Å². The Bertz CT molecular complexity index is 1000. The highest BCUT2D eigenvalue weighted by Gasteiger charge is 2.54. The van der Waals surface area contributed by atoms with Gasteiger partial charge in [0.15, 0.2) is 0 Å². The summed E-state index contributed by atoms with van der Waals surface area (Å²) in [6.07, 6.45) is 0.785. The van der Waals surface area contributed by atoms with E-state index < -0.39 is 46.1 Å². The normalized spacial score (nSPS) is 21.3. The molecule has 0 spiro atoms. The first-order chi connectivity index (χ1) is 12.5. The van der Waals surface area contributed by atoms with Crippen molar-refractivity contribution in [1.82, 2.24) is 14.3 Å². The molecule has 144 valence electrons. The number of aromatic nitrogens is 2. The number of hydrogen-bond acceptors (Lipinski definition) is 4. The highest BCUT2D eigenvalue weighted by molar-refractivity contribution is 7.92. The molecule has 0 bridgehead atoms. The molecule has 1 aliphatic carbocycles. The third-order valence-electron chi connectivity index (χ3n) is 4.60. The largest absolute Gasteiger partial charge is 0.326 e. The number of benzene rings is 1. The molecule has 1 aliphatic rings. The maximum absolute atomic E-state index is 13.6. The third-order valence-corrected chi connectivity index (χ3v) is 5.51. The van der Waals surface area contributed by atoms with Crippen molar-refractivity contribution < 1.29 is 26.4 Å². The van der Waals surface area contributed by atoms with E-state index in [2.05, 4.69) is 11.6 Å². The van der Waals surface area contributed by atoms with E-state index in [-0.39, 0.29) is 11.5 Å². The summed E-state index contributed by atoms with van der Waals surface area (Å²) in [6, 6.07) is 4.52. The van der Waals surface area contributed by atoms with Crippen LogP contribution in [0.15, 0.2) is 42.4 Å². The molecule has 1 saturated carbocycles. The van der Waals surface area contributed by atoms with Crippen molar-refractivity contribution in [2.75, 3.05) is 0 Å². The number of rotatable bonds is 5. The molecular formula is C17H16F3N3O3S. The molecule has 27 heavy (non-hydrogen) atoms. The number of carbonyl (C=O) groups is 1. The van der Waals surface area contributed by atoms with Crippen LogP contribution in [-0.2, 0) is 10.0 Å². The minimum atomic E-state index is -4.04. The summed E-state index contributed by atoms with van der Waals surface area (Å²) >= 11 is 0. The van der Waals surface area contributed by atoms with E-state index in [1.807, 2.05) is 0 Å². The Morgan fingerprint density at radius 1 is 1.37 bits per heavy atom. The van der Waals surface area contributed by atoms with Crippen LogP contribution in [0.2, 0.25) is 0 Å². The zero-order chi connectivity index (χ0) is 20.0. The Labute approximate surface area is 153 Å². The molecule has 1 N–H and O–H groups in total. The fourth-order valence-corrected chi connectivity index (χ4v) is 3.34. The van der Waals surface area contributed by atoms with Crippen molar-refractivity contribution in [3.8, 4) is 11.4 Å². The predicted molar refractivity (Wildman–Crippen MR) is 92.0 cm³/mol. The number of alkyl halides is 2. The average molecular weight is 399 g/mol. The Hall–Kier alpha value is -2.62. The highest BCUT2D eigenvalue weighted by Crippen LogP contribution is 2.51. The van der Waals surface area contributed by atoms with Gasteiger partial charge in [0.25, 0.3) is 21.9 Å². The van der Waals surface area contributed by atoms with Gasteiger partial charge in [0, 0.05) is 35.5 Å². The van der Waals surface area contributed by atoms with Crippen LogP contribution in [0, 0.1) is 11.7 Å². The second-order valence-corrected chi connectivity index (χ2v) is 7.96. The lowest BCUT2D eigenvalue weighted by atomic mass is 9.76. The van der Waals surface area contributed by atoms with Crippen molar-refractivity contribution in [3.63, 3.8) is 0 Å². The van der Waals surface area contributed by atoms with Gasteiger partial charge in [-0.25, -0.2) is 31.3 Å². The number of halogens is 3. The van der Waals surface area contributed by atoms with Crippen LogP contribution in [0.1, 0.15) is 29.9 Å². The zero-order valence-corrected chi connectivity index (χ0v) is 15.0. The fraction of sp³-hybridized carbons (Fsp3) is 0.294.